The third-order valence-corrected chi connectivity index (χ3v) is 5.51. The lowest BCUT2D eigenvalue weighted by Crippen LogP contribution is -2.40. The van der Waals surface area contributed by atoms with Gasteiger partial charge in [-0.05, 0) is 32.0 Å². The lowest BCUT2D eigenvalue weighted by Gasteiger charge is -2.26. The molecule has 0 radical (unpaired) electrons. The summed E-state index contributed by atoms with van der Waals surface area (Å²) in [7, 11) is -3.65. The number of benzene rings is 1. The van der Waals surface area contributed by atoms with Gasteiger partial charge in [0, 0.05) is 19.3 Å². The number of anilines is 1. The number of carbonyl (C=O) groups excluding carboxylic acids is 1. The number of hydrogen-bond donors (Lipinski definition) is 2. The number of nitrogens with one attached hydrogen (secondary N) is 2. The Morgan fingerprint density at radius 2 is 1.96 bits per heavy atom. The number of ether oxygens (including phenoxy) is 1. The van der Waals surface area contributed by atoms with Gasteiger partial charge in [-0.3, -0.25) is 0 Å². The fourth-order valence-corrected chi connectivity index (χ4v) is 3.66. The van der Waals surface area contributed by atoms with Crippen molar-refractivity contribution in [3.63, 3.8) is 0 Å². The van der Waals surface area contributed by atoms with Crippen molar-refractivity contribution in [2.75, 3.05) is 31.6 Å². The van der Waals surface area contributed by atoms with Crippen molar-refractivity contribution in [1.82, 2.24) is 9.62 Å². The van der Waals surface area contributed by atoms with Crippen LogP contribution in [0, 0.1) is 0 Å². The number of nitrogens with zero attached hydrogens (tertiary/aromatic N) is 1. The molecule has 2 rings (SSSR count). The molecule has 2 amide bonds. The predicted molar refractivity (Wildman–Crippen MR) is 92.6 cm³/mol. The Hall–Kier alpha value is -1.61. The van der Waals surface area contributed by atoms with Gasteiger partial charge >= 0.3 is 6.03 Å². The predicted octanol–water partition coefficient (Wildman–Crippen LogP) is 2.41. The average Bonchev–Trinajstić information content (AvgIpc) is 2.55. The summed E-state index contributed by atoms with van der Waals surface area (Å²) in [6.45, 7) is 5.00. The standard InChI is InChI=1S/C15H20ClN3O4S/c1-11(2)10-17-15(20)18-14-9-12(3-4-13(14)16)24(21,22)19-5-7-23-8-6-19/h3-4,9-10H,5-8H2,1-2H3,(H2,17,18,20). The van der Waals surface area contributed by atoms with E-state index >= 15 is 0 Å². The second kappa shape index (κ2) is 7.98. The number of hydrogen-bond acceptors (Lipinski definition) is 4. The molecule has 1 heterocycles. The number of rotatable bonds is 4. The first-order chi connectivity index (χ1) is 11.3. The second-order valence-electron chi connectivity index (χ2n) is 5.48. The highest BCUT2D eigenvalue weighted by Crippen LogP contribution is 2.27. The van der Waals surface area contributed by atoms with E-state index in [9.17, 15) is 13.2 Å². The fraction of sp³-hybridized carbons (Fsp3) is 0.400. The highest BCUT2D eigenvalue weighted by molar-refractivity contribution is 7.89. The molecule has 1 aliphatic rings. The van der Waals surface area contributed by atoms with Crippen LogP contribution in [0.2, 0.25) is 5.02 Å². The number of allylic oxidation sites excluding steroid dienone is 1. The highest BCUT2D eigenvalue weighted by Gasteiger charge is 2.27. The Bertz CT molecular complexity index is 739. The van der Waals surface area contributed by atoms with Gasteiger partial charge < -0.3 is 15.4 Å². The van der Waals surface area contributed by atoms with E-state index in [1.54, 1.807) is 0 Å². The van der Waals surface area contributed by atoms with Gasteiger partial charge in [0.05, 0.1) is 28.8 Å². The van der Waals surface area contributed by atoms with Crippen molar-refractivity contribution >= 4 is 33.3 Å². The van der Waals surface area contributed by atoms with E-state index in [1.165, 1.54) is 28.7 Å². The van der Waals surface area contributed by atoms with Gasteiger partial charge in [0.2, 0.25) is 10.0 Å². The highest BCUT2D eigenvalue weighted by atomic mass is 35.5. The van der Waals surface area contributed by atoms with Crippen LogP contribution in [-0.4, -0.2) is 45.1 Å². The van der Waals surface area contributed by atoms with Crippen molar-refractivity contribution in [3.05, 3.63) is 35.0 Å². The molecule has 1 aromatic carbocycles. The minimum absolute atomic E-state index is 0.0753. The van der Waals surface area contributed by atoms with Gasteiger partial charge in [0.25, 0.3) is 0 Å². The van der Waals surface area contributed by atoms with Crippen molar-refractivity contribution in [1.29, 1.82) is 0 Å². The Balaban J connectivity index is 2.21. The molecule has 0 unspecified atom stereocenters. The molecule has 0 saturated carbocycles. The topological polar surface area (TPSA) is 87.7 Å². The van der Waals surface area contributed by atoms with Crippen molar-refractivity contribution in [2.45, 2.75) is 18.7 Å². The fourth-order valence-electron chi connectivity index (χ4n) is 2.06. The van der Waals surface area contributed by atoms with Gasteiger partial charge in [-0.1, -0.05) is 17.2 Å². The molecule has 0 spiro atoms. The van der Waals surface area contributed by atoms with Crippen LogP contribution in [0.3, 0.4) is 0 Å². The summed E-state index contributed by atoms with van der Waals surface area (Å²) in [6.07, 6.45) is 1.54. The summed E-state index contributed by atoms with van der Waals surface area (Å²) < 4.78 is 31.8. The third kappa shape index (κ3) is 4.70. The summed E-state index contributed by atoms with van der Waals surface area (Å²) >= 11 is 6.05. The largest absolute Gasteiger partial charge is 0.379 e. The van der Waals surface area contributed by atoms with Crippen LogP contribution >= 0.6 is 11.6 Å². The SMILES string of the molecule is CC(C)=CNC(=O)Nc1cc(S(=O)(=O)N2CCOCC2)ccc1Cl. The maximum atomic E-state index is 12.6. The monoisotopic (exact) mass is 373 g/mol. The first kappa shape index (κ1) is 18.7. The van der Waals surface area contributed by atoms with Crippen molar-refractivity contribution < 1.29 is 17.9 Å². The summed E-state index contributed by atoms with van der Waals surface area (Å²) in [5.41, 5.74) is 1.14. The second-order valence-corrected chi connectivity index (χ2v) is 7.82. The molecule has 0 aromatic heterocycles. The van der Waals surface area contributed by atoms with E-state index in [-0.39, 0.29) is 15.6 Å². The molecule has 0 bridgehead atoms. The Kier molecular flexibility index (Phi) is 6.22. The smallest absolute Gasteiger partial charge is 0.323 e. The number of morpholine rings is 1. The maximum absolute atomic E-state index is 12.6. The molecule has 1 aliphatic heterocycles. The van der Waals surface area contributed by atoms with Crippen LogP contribution in [0.25, 0.3) is 0 Å². The summed E-state index contributed by atoms with van der Waals surface area (Å²) in [5, 5.41) is 5.33. The Labute approximate surface area is 146 Å². The van der Waals surface area contributed by atoms with E-state index < -0.39 is 16.1 Å². The zero-order valence-electron chi connectivity index (χ0n) is 13.5. The normalized spacial score (nSPS) is 15.6. The molecule has 7 nitrogen and oxygen atoms in total. The van der Waals surface area contributed by atoms with Crippen molar-refractivity contribution in [2.24, 2.45) is 0 Å². The lowest BCUT2D eigenvalue weighted by molar-refractivity contribution is 0.0730. The number of sulfonamides is 1. The average molecular weight is 374 g/mol. The van der Waals surface area contributed by atoms with Crippen LogP contribution < -0.4 is 10.6 Å². The third-order valence-electron chi connectivity index (χ3n) is 3.29. The Morgan fingerprint density at radius 1 is 1.29 bits per heavy atom. The van der Waals surface area contributed by atoms with Crippen LogP contribution in [0.4, 0.5) is 10.5 Å². The minimum Gasteiger partial charge on any atom is -0.379 e. The quantitative estimate of drug-likeness (QED) is 0.848. The van der Waals surface area contributed by atoms with E-state index in [2.05, 4.69) is 10.6 Å². The molecular formula is C15H20ClN3O4S. The summed E-state index contributed by atoms with van der Waals surface area (Å²) in [5.74, 6) is 0. The van der Waals surface area contributed by atoms with Gasteiger partial charge in [0.15, 0.2) is 0 Å². The van der Waals surface area contributed by atoms with Crippen molar-refractivity contribution in [3.8, 4) is 0 Å². The number of carbonyl (C=O) groups is 1. The van der Waals surface area contributed by atoms with Crippen LogP contribution in [0.5, 0.6) is 0 Å². The molecule has 2 N–H and O–H groups in total. The first-order valence-electron chi connectivity index (χ1n) is 7.39. The first-order valence-corrected chi connectivity index (χ1v) is 9.21. The molecule has 9 heteroatoms. The van der Waals surface area contributed by atoms with E-state index in [0.717, 1.165) is 5.57 Å². The molecular weight excluding hydrogens is 354 g/mol. The minimum atomic E-state index is -3.65. The molecule has 132 valence electrons. The van der Waals surface area contributed by atoms with Gasteiger partial charge in [-0.15, -0.1) is 0 Å². The molecule has 24 heavy (non-hydrogen) atoms. The zero-order chi connectivity index (χ0) is 17.7. The molecule has 0 atom stereocenters. The zero-order valence-corrected chi connectivity index (χ0v) is 15.1. The van der Waals surface area contributed by atoms with E-state index in [0.29, 0.717) is 26.3 Å². The van der Waals surface area contributed by atoms with E-state index in [4.69, 9.17) is 16.3 Å². The number of amides is 2. The Morgan fingerprint density at radius 3 is 2.58 bits per heavy atom. The maximum Gasteiger partial charge on any atom is 0.323 e. The summed E-state index contributed by atoms with van der Waals surface area (Å²) in [4.78, 5) is 11.9. The van der Waals surface area contributed by atoms with Gasteiger partial charge in [0.1, 0.15) is 0 Å². The van der Waals surface area contributed by atoms with Gasteiger partial charge in [-0.2, -0.15) is 4.31 Å². The number of urea groups is 1. The molecule has 1 aromatic rings. The van der Waals surface area contributed by atoms with Crippen LogP contribution in [-0.2, 0) is 14.8 Å². The van der Waals surface area contributed by atoms with Crippen LogP contribution in [0.1, 0.15) is 13.8 Å². The molecule has 0 aliphatic carbocycles. The van der Waals surface area contributed by atoms with Gasteiger partial charge in [-0.25, -0.2) is 13.2 Å². The summed E-state index contributed by atoms with van der Waals surface area (Å²) in [6, 6.07) is 3.73. The molecule has 1 fully saturated rings. The van der Waals surface area contributed by atoms with Crippen LogP contribution in [0.15, 0.2) is 34.9 Å². The van der Waals surface area contributed by atoms with E-state index in [1.807, 2.05) is 13.8 Å². The number of halogens is 1. The lowest BCUT2D eigenvalue weighted by atomic mass is 10.3. The molecule has 1 saturated heterocycles.